The van der Waals surface area contributed by atoms with Gasteiger partial charge in [-0.2, -0.15) is 0 Å². The summed E-state index contributed by atoms with van der Waals surface area (Å²) in [6.45, 7) is 0. The maximum absolute atomic E-state index is 9.96. The molecule has 0 fully saturated rings. The minimum absolute atomic E-state index is 0. The number of aromatic hydroxyl groups is 1. The fraction of sp³-hybridized carbons (Fsp3) is 0. The summed E-state index contributed by atoms with van der Waals surface area (Å²) in [5.41, 5.74) is 7.97. The third-order valence-corrected chi connectivity index (χ3v) is 8.75. The largest absolute Gasteiger partial charge is 2.00 e. The monoisotopic (exact) mass is 1080 g/mol. The Bertz CT molecular complexity index is 2490. The number of phenols is 1. The molecule has 0 saturated heterocycles. The molecule has 0 aliphatic carbocycles. The van der Waals surface area contributed by atoms with Gasteiger partial charge in [-0.25, -0.2) is 42.3 Å². The maximum Gasteiger partial charge on any atom is 2.00 e. The molecule has 312 valence electrons. The zero-order valence-electron chi connectivity index (χ0n) is 30.6. The van der Waals surface area contributed by atoms with Crippen LogP contribution in [0.3, 0.4) is 0 Å². The van der Waals surface area contributed by atoms with Crippen molar-refractivity contribution in [2.75, 3.05) is 0 Å². The number of hydrogen-bond donors (Lipinski definition) is 2. The number of H-pyrrole nitrogens is 1. The maximum atomic E-state index is 9.96. The van der Waals surface area contributed by atoms with E-state index in [1.807, 2.05) is 109 Å². The van der Waals surface area contributed by atoms with Gasteiger partial charge in [0.25, 0.3) is 0 Å². The van der Waals surface area contributed by atoms with Crippen molar-refractivity contribution < 1.29 is 82.3 Å². The van der Waals surface area contributed by atoms with E-state index in [2.05, 4.69) is 66.7 Å². The molecule has 0 amide bonds. The van der Waals surface area contributed by atoms with Crippen LogP contribution in [0.4, 0.5) is 0 Å². The van der Waals surface area contributed by atoms with Crippen molar-refractivity contribution in [3.05, 3.63) is 155 Å². The van der Waals surface area contributed by atoms with Crippen molar-refractivity contribution in [3.63, 3.8) is 0 Å². The van der Waals surface area contributed by atoms with Crippen molar-refractivity contribution in [2.45, 2.75) is 0 Å². The molecule has 0 aliphatic heterocycles. The van der Waals surface area contributed by atoms with Crippen LogP contribution in [0.5, 0.6) is 5.75 Å². The summed E-state index contributed by atoms with van der Waals surface area (Å²) in [6, 6.07) is 34.7. The van der Waals surface area contributed by atoms with Crippen molar-refractivity contribution >= 4 is 64.7 Å². The van der Waals surface area contributed by atoms with Crippen LogP contribution < -0.4 is 37.3 Å². The fourth-order valence-corrected chi connectivity index (χ4v) is 6.43. The molecule has 17 nitrogen and oxygen atoms in total. The average Bonchev–Trinajstić information content (AvgIpc) is 3.70. The Morgan fingerprint density at radius 1 is 0.459 bits per heavy atom. The summed E-state index contributed by atoms with van der Waals surface area (Å²) in [5, 5.41) is 11.9. The average molecular weight is 1080 g/mol. The number of phenolic OH excluding ortho intramolecular Hbond substituents is 1. The molecule has 9 aromatic rings. The Morgan fingerprint density at radius 3 is 1.16 bits per heavy atom. The third-order valence-electron chi connectivity index (χ3n) is 7.54. The van der Waals surface area contributed by atoms with Crippen LogP contribution in [-0.2, 0) is 19.5 Å². The standard InChI is InChI=1S/C19H10Br2N4O.2C10H8N2.2ClHO4.Ru/c20-12-7-9(8-13(21)18(12)26)19-24-16-10-3-1-5-22-14(10)15-11(17(16)25-19)4-2-6-23-15;2*1-3-7-11-9(5-1)10-6-2-4-8-12-10;2*2-1(3,4)5;/h1-8,26H,(H,24,25);2*1-8H;2*(H,2,3,4,5);/q;;;;;+2/p-2. The predicted octanol–water partition coefficient (Wildman–Crippen LogP) is 0.330. The summed E-state index contributed by atoms with van der Waals surface area (Å²) >= 11 is 6.75. The number of fused-ring (bicyclic) bond motifs is 6. The van der Waals surface area contributed by atoms with Crippen molar-refractivity contribution in [2.24, 2.45) is 0 Å². The SMILES string of the molecule is Oc1c(Br)cc(-c2nc3c4cccnc4c4ncccc4c3[nH]2)cc1Br.[O-][Cl+3]([O-])([O-])[O-].[O-][Cl+3]([O-])([O-])[O-].[Ru+2].c1ccc(-c2ccccn2)nc1.c1ccc(-c2ccccn2)nc1. The molecule has 7 aromatic heterocycles. The minimum atomic E-state index is -4.94. The number of hydrogen-bond acceptors (Lipinski definition) is 16. The molecular weight excluding hydrogens is 1060 g/mol. The number of aromatic amines is 1. The van der Waals surface area contributed by atoms with E-state index >= 15 is 0 Å². The smallest absolute Gasteiger partial charge is 0.506 e. The molecule has 0 saturated carbocycles. The molecule has 7 heterocycles. The normalized spacial score (nSPS) is 10.7. The van der Waals surface area contributed by atoms with Crippen LogP contribution in [0.15, 0.2) is 155 Å². The third kappa shape index (κ3) is 15.1. The van der Waals surface area contributed by atoms with Crippen LogP contribution in [0.2, 0.25) is 0 Å². The Labute approximate surface area is 379 Å². The van der Waals surface area contributed by atoms with Gasteiger partial charge in [0, 0.05) is 53.5 Å². The van der Waals surface area contributed by atoms with Gasteiger partial charge >= 0.3 is 19.5 Å². The fourth-order valence-electron chi connectivity index (χ4n) is 5.24. The quantitative estimate of drug-likeness (QED) is 0.178. The number of nitrogens with zero attached hydrogens (tertiary/aromatic N) is 7. The van der Waals surface area contributed by atoms with Crippen LogP contribution in [0.1, 0.15) is 0 Å². The minimum Gasteiger partial charge on any atom is -0.506 e. The number of rotatable bonds is 3. The predicted molar refractivity (Wildman–Crippen MR) is 204 cm³/mol. The van der Waals surface area contributed by atoms with Gasteiger partial charge in [-0.05, 0) is 117 Å². The number of imidazole rings is 1. The zero-order valence-corrected chi connectivity index (χ0v) is 37.0. The molecule has 0 atom stereocenters. The second-order valence-electron chi connectivity index (χ2n) is 11.5. The Hall–Kier alpha value is -5.03. The first-order chi connectivity index (χ1) is 28.6. The second kappa shape index (κ2) is 22.7. The van der Waals surface area contributed by atoms with Gasteiger partial charge in [0.15, 0.2) is 0 Å². The first-order valence-electron chi connectivity index (χ1n) is 16.6. The molecule has 2 N–H and O–H groups in total. The molecule has 0 spiro atoms. The van der Waals surface area contributed by atoms with E-state index in [9.17, 15) is 5.11 Å². The molecule has 22 heteroatoms. The molecule has 0 aliphatic rings. The zero-order chi connectivity index (χ0) is 43.3. The first-order valence-corrected chi connectivity index (χ1v) is 20.7. The van der Waals surface area contributed by atoms with E-state index in [0.29, 0.717) is 14.8 Å². The topological polar surface area (TPSA) is 311 Å². The van der Waals surface area contributed by atoms with E-state index in [-0.39, 0.29) is 25.2 Å². The van der Waals surface area contributed by atoms with Crippen molar-refractivity contribution in [3.8, 4) is 39.9 Å². The molecule has 0 bridgehead atoms. The van der Waals surface area contributed by atoms with Crippen LogP contribution in [0, 0.1) is 20.5 Å². The van der Waals surface area contributed by atoms with Gasteiger partial charge in [-0.15, -0.1) is 20.5 Å². The number of benzene rings is 2. The summed E-state index contributed by atoms with van der Waals surface area (Å²) in [4.78, 5) is 34.0. The molecule has 0 unspecified atom stereocenters. The van der Waals surface area contributed by atoms with Gasteiger partial charge < -0.3 is 10.1 Å². The Balaban J connectivity index is 0.000000196. The number of halogens is 4. The number of pyridine rings is 6. The molecule has 61 heavy (non-hydrogen) atoms. The van der Waals surface area contributed by atoms with Crippen molar-refractivity contribution in [1.29, 1.82) is 0 Å². The summed E-state index contributed by atoms with van der Waals surface area (Å²) in [6.07, 6.45) is 10.6. The molecule has 2 aromatic carbocycles. The van der Waals surface area contributed by atoms with E-state index in [0.717, 1.165) is 61.2 Å². The van der Waals surface area contributed by atoms with E-state index in [1.165, 1.54) is 0 Å². The van der Waals surface area contributed by atoms with E-state index in [1.54, 1.807) is 37.2 Å². The van der Waals surface area contributed by atoms with Gasteiger partial charge in [0.2, 0.25) is 0 Å². The van der Waals surface area contributed by atoms with Crippen molar-refractivity contribution in [1.82, 2.24) is 39.9 Å². The van der Waals surface area contributed by atoms with Crippen LogP contribution in [-0.4, -0.2) is 45.0 Å². The van der Waals surface area contributed by atoms with Crippen LogP contribution >= 0.6 is 31.9 Å². The van der Waals surface area contributed by atoms with Gasteiger partial charge in [0.05, 0.1) is 53.8 Å². The molecular formula is C39H26Br2Cl2N8O9Ru. The number of nitrogens with one attached hydrogen (secondary N) is 1. The Morgan fingerprint density at radius 2 is 0.803 bits per heavy atom. The van der Waals surface area contributed by atoms with Gasteiger partial charge in [0.1, 0.15) is 11.6 Å². The van der Waals surface area contributed by atoms with Gasteiger partial charge in [-0.3, -0.25) is 29.9 Å². The summed E-state index contributed by atoms with van der Waals surface area (Å²) in [5.74, 6) is 0.872. The first kappa shape index (κ1) is 48.6. The van der Waals surface area contributed by atoms with E-state index < -0.39 is 20.5 Å². The molecule has 9 rings (SSSR count). The summed E-state index contributed by atoms with van der Waals surface area (Å²) in [7, 11) is -9.89. The Kier molecular flexibility index (Phi) is 18.1. The number of aromatic nitrogens is 8. The summed E-state index contributed by atoms with van der Waals surface area (Å²) < 4.78 is 69.1. The molecule has 0 radical (unpaired) electrons. The van der Waals surface area contributed by atoms with Crippen LogP contribution in [0.25, 0.3) is 67.0 Å². The van der Waals surface area contributed by atoms with Gasteiger partial charge in [-0.1, -0.05) is 24.3 Å². The second-order valence-corrected chi connectivity index (χ2v) is 14.7. The van der Waals surface area contributed by atoms with E-state index in [4.69, 9.17) is 42.3 Å².